The first kappa shape index (κ1) is 14.7. The molecule has 0 aliphatic rings. The van der Waals surface area contributed by atoms with Gasteiger partial charge in [0.2, 0.25) is 0 Å². The first-order chi connectivity index (χ1) is 9.61. The minimum Gasteiger partial charge on any atom is -0.322 e. The molecule has 3 heteroatoms. The summed E-state index contributed by atoms with van der Waals surface area (Å²) in [4.78, 5) is 13.3. The Morgan fingerprint density at radius 2 is 1.85 bits per heavy atom. The van der Waals surface area contributed by atoms with Crippen LogP contribution in [0.1, 0.15) is 35.7 Å². The second-order valence-electron chi connectivity index (χ2n) is 4.93. The summed E-state index contributed by atoms with van der Waals surface area (Å²) in [6.07, 6.45) is 1.98. The van der Waals surface area contributed by atoms with Crippen LogP contribution in [0.25, 0.3) is 0 Å². The molecule has 2 aromatic rings. The predicted octanol–water partition coefficient (Wildman–Crippen LogP) is 4.78. The van der Waals surface area contributed by atoms with Crippen LogP contribution < -0.4 is 5.32 Å². The summed E-state index contributed by atoms with van der Waals surface area (Å²) >= 11 is 1.58. The Balaban J connectivity index is 2.21. The fourth-order valence-corrected chi connectivity index (χ4v) is 2.60. The minimum atomic E-state index is -0.0594. The van der Waals surface area contributed by atoms with Gasteiger partial charge in [-0.3, -0.25) is 4.79 Å². The maximum Gasteiger partial charge on any atom is 0.256 e. The fraction of sp³-hybridized carbons (Fsp3) is 0.235. The van der Waals surface area contributed by atoms with Gasteiger partial charge >= 0.3 is 0 Å². The van der Waals surface area contributed by atoms with Crippen molar-refractivity contribution in [3.05, 3.63) is 59.7 Å². The summed E-state index contributed by atoms with van der Waals surface area (Å²) in [5.74, 6) is 0.390. The zero-order chi connectivity index (χ0) is 14.5. The Bertz CT molecular complexity index is 607. The molecule has 2 rings (SSSR count). The van der Waals surface area contributed by atoms with Crippen molar-refractivity contribution < 1.29 is 4.79 Å². The number of hydrogen-bond donors (Lipinski definition) is 1. The largest absolute Gasteiger partial charge is 0.322 e. The summed E-state index contributed by atoms with van der Waals surface area (Å²) < 4.78 is 0. The highest BCUT2D eigenvalue weighted by molar-refractivity contribution is 7.98. The lowest BCUT2D eigenvalue weighted by atomic mass is 10.0. The second kappa shape index (κ2) is 6.62. The molecular weight excluding hydrogens is 266 g/mol. The van der Waals surface area contributed by atoms with Crippen LogP contribution in [0.2, 0.25) is 0 Å². The fourth-order valence-electron chi connectivity index (χ4n) is 2.01. The molecule has 0 spiro atoms. The number of hydrogen-bond acceptors (Lipinski definition) is 2. The van der Waals surface area contributed by atoms with Gasteiger partial charge in [-0.1, -0.05) is 38.1 Å². The Morgan fingerprint density at radius 3 is 2.55 bits per heavy atom. The van der Waals surface area contributed by atoms with Crippen molar-refractivity contribution in [3.63, 3.8) is 0 Å². The van der Waals surface area contributed by atoms with Crippen molar-refractivity contribution in [1.29, 1.82) is 0 Å². The number of amides is 1. The van der Waals surface area contributed by atoms with E-state index in [-0.39, 0.29) is 5.91 Å². The molecule has 0 aromatic heterocycles. The highest BCUT2D eigenvalue weighted by Crippen LogP contribution is 2.22. The van der Waals surface area contributed by atoms with Crippen LogP contribution in [0.5, 0.6) is 0 Å². The monoisotopic (exact) mass is 285 g/mol. The SMILES string of the molecule is CSc1ccccc1C(=O)Nc1cccc(C(C)C)c1. The third-order valence-corrected chi connectivity index (χ3v) is 3.96. The maximum atomic E-state index is 12.4. The van der Waals surface area contributed by atoms with Gasteiger partial charge in [-0.05, 0) is 42.0 Å². The Labute approximate surface area is 124 Å². The Kier molecular flexibility index (Phi) is 4.85. The lowest BCUT2D eigenvalue weighted by Crippen LogP contribution is -2.13. The number of rotatable bonds is 4. The standard InChI is InChI=1S/C17H19NOS/c1-12(2)13-7-6-8-14(11-13)18-17(19)15-9-4-5-10-16(15)20-3/h4-12H,1-3H3,(H,18,19). The number of anilines is 1. The number of benzene rings is 2. The lowest BCUT2D eigenvalue weighted by molar-refractivity contribution is 0.102. The second-order valence-corrected chi connectivity index (χ2v) is 5.78. The molecule has 20 heavy (non-hydrogen) atoms. The molecule has 0 saturated carbocycles. The summed E-state index contributed by atoms with van der Waals surface area (Å²) in [7, 11) is 0. The molecule has 0 unspecified atom stereocenters. The first-order valence-corrected chi connectivity index (χ1v) is 7.88. The summed E-state index contributed by atoms with van der Waals surface area (Å²) in [6, 6.07) is 15.7. The quantitative estimate of drug-likeness (QED) is 0.819. The van der Waals surface area contributed by atoms with Crippen LogP contribution in [-0.2, 0) is 0 Å². The van der Waals surface area contributed by atoms with Crippen molar-refractivity contribution in [2.45, 2.75) is 24.7 Å². The van der Waals surface area contributed by atoms with Crippen LogP contribution in [0, 0.1) is 0 Å². The van der Waals surface area contributed by atoms with E-state index in [0.717, 1.165) is 16.1 Å². The third kappa shape index (κ3) is 3.42. The minimum absolute atomic E-state index is 0.0594. The normalized spacial score (nSPS) is 10.6. The Morgan fingerprint density at radius 1 is 1.10 bits per heavy atom. The van der Waals surface area contributed by atoms with Gasteiger partial charge in [0.15, 0.2) is 0 Å². The molecule has 0 fully saturated rings. The topological polar surface area (TPSA) is 29.1 Å². The van der Waals surface area contributed by atoms with Crippen molar-refractivity contribution in [1.82, 2.24) is 0 Å². The van der Waals surface area contributed by atoms with Gasteiger partial charge in [-0.15, -0.1) is 11.8 Å². The summed E-state index contributed by atoms with van der Waals surface area (Å²) in [6.45, 7) is 4.29. The van der Waals surface area contributed by atoms with E-state index in [1.165, 1.54) is 5.56 Å². The van der Waals surface area contributed by atoms with Gasteiger partial charge < -0.3 is 5.32 Å². The van der Waals surface area contributed by atoms with E-state index in [9.17, 15) is 4.79 Å². The maximum absolute atomic E-state index is 12.4. The van der Waals surface area contributed by atoms with E-state index >= 15 is 0 Å². The van der Waals surface area contributed by atoms with Crippen molar-refractivity contribution in [3.8, 4) is 0 Å². The van der Waals surface area contributed by atoms with E-state index in [4.69, 9.17) is 0 Å². The average molecular weight is 285 g/mol. The van der Waals surface area contributed by atoms with E-state index in [1.807, 2.05) is 48.7 Å². The van der Waals surface area contributed by atoms with Crippen LogP contribution >= 0.6 is 11.8 Å². The predicted molar refractivity (Wildman–Crippen MR) is 86.7 cm³/mol. The highest BCUT2D eigenvalue weighted by Gasteiger charge is 2.11. The van der Waals surface area contributed by atoms with Gasteiger partial charge in [0.05, 0.1) is 5.56 Å². The number of carbonyl (C=O) groups excluding carboxylic acids is 1. The average Bonchev–Trinajstić information content (AvgIpc) is 2.47. The smallest absolute Gasteiger partial charge is 0.256 e. The molecule has 0 aliphatic carbocycles. The molecule has 0 aliphatic heterocycles. The lowest BCUT2D eigenvalue weighted by Gasteiger charge is -2.11. The third-order valence-electron chi connectivity index (χ3n) is 3.16. The molecular formula is C17H19NOS. The van der Waals surface area contributed by atoms with Crippen LogP contribution in [-0.4, -0.2) is 12.2 Å². The molecule has 0 radical (unpaired) electrons. The molecule has 1 amide bonds. The first-order valence-electron chi connectivity index (χ1n) is 6.66. The molecule has 0 heterocycles. The van der Waals surface area contributed by atoms with Crippen LogP contribution in [0.3, 0.4) is 0 Å². The van der Waals surface area contributed by atoms with Gasteiger partial charge in [0.1, 0.15) is 0 Å². The highest BCUT2D eigenvalue weighted by atomic mass is 32.2. The van der Waals surface area contributed by atoms with Crippen LogP contribution in [0.15, 0.2) is 53.4 Å². The van der Waals surface area contributed by atoms with Crippen molar-refractivity contribution in [2.75, 3.05) is 11.6 Å². The number of nitrogens with one attached hydrogen (secondary N) is 1. The van der Waals surface area contributed by atoms with E-state index in [2.05, 4.69) is 25.2 Å². The van der Waals surface area contributed by atoms with Crippen molar-refractivity contribution >= 4 is 23.4 Å². The molecule has 0 bridgehead atoms. The van der Waals surface area contributed by atoms with E-state index in [0.29, 0.717) is 5.92 Å². The zero-order valence-corrected chi connectivity index (χ0v) is 12.8. The van der Waals surface area contributed by atoms with Crippen LogP contribution in [0.4, 0.5) is 5.69 Å². The summed E-state index contributed by atoms with van der Waals surface area (Å²) in [5, 5.41) is 2.98. The Hall–Kier alpha value is -1.74. The van der Waals surface area contributed by atoms with Gasteiger partial charge in [0.25, 0.3) is 5.91 Å². The molecule has 2 aromatic carbocycles. The van der Waals surface area contributed by atoms with E-state index < -0.39 is 0 Å². The van der Waals surface area contributed by atoms with Gasteiger partial charge in [-0.25, -0.2) is 0 Å². The number of carbonyl (C=O) groups is 1. The van der Waals surface area contributed by atoms with Gasteiger partial charge in [-0.2, -0.15) is 0 Å². The van der Waals surface area contributed by atoms with Crippen molar-refractivity contribution in [2.24, 2.45) is 0 Å². The molecule has 104 valence electrons. The molecule has 2 nitrogen and oxygen atoms in total. The van der Waals surface area contributed by atoms with Gasteiger partial charge in [0, 0.05) is 10.6 Å². The van der Waals surface area contributed by atoms with E-state index in [1.54, 1.807) is 11.8 Å². The summed E-state index contributed by atoms with van der Waals surface area (Å²) in [5.41, 5.74) is 2.79. The number of thioether (sulfide) groups is 1. The molecule has 1 N–H and O–H groups in total. The molecule has 0 saturated heterocycles. The zero-order valence-electron chi connectivity index (χ0n) is 12.0. The molecule has 0 atom stereocenters.